The van der Waals surface area contributed by atoms with Crippen molar-refractivity contribution in [3.63, 3.8) is 0 Å². The van der Waals surface area contributed by atoms with Crippen molar-refractivity contribution in [2.24, 2.45) is 0 Å². The first kappa shape index (κ1) is 13.1. The van der Waals surface area contributed by atoms with Crippen LogP contribution < -0.4 is 5.32 Å². The van der Waals surface area contributed by atoms with E-state index in [4.69, 9.17) is 0 Å². The average Bonchev–Trinajstić information content (AvgIpc) is 2.40. The molecule has 2 aromatic rings. The first-order valence-electron chi connectivity index (χ1n) is 5.86. The highest BCUT2D eigenvalue weighted by Gasteiger charge is 2.15. The number of para-hydroxylation sites is 2. The number of hydrogen-bond acceptors (Lipinski definition) is 5. The SMILES string of the molecule is CS[C@H](CO)[C@H](C)Nc1cnc2ccccc2n1. The summed E-state index contributed by atoms with van der Waals surface area (Å²) in [6, 6.07) is 7.91. The number of rotatable bonds is 5. The van der Waals surface area contributed by atoms with Crippen molar-refractivity contribution in [3.8, 4) is 0 Å². The Hall–Kier alpha value is -1.33. The van der Waals surface area contributed by atoms with E-state index >= 15 is 0 Å². The molecule has 2 atom stereocenters. The number of benzene rings is 1. The zero-order chi connectivity index (χ0) is 13.0. The summed E-state index contributed by atoms with van der Waals surface area (Å²) >= 11 is 1.64. The topological polar surface area (TPSA) is 58.0 Å². The van der Waals surface area contributed by atoms with Crippen LogP contribution in [0.25, 0.3) is 11.0 Å². The monoisotopic (exact) mass is 263 g/mol. The molecule has 1 aromatic carbocycles. The molecule has 1 aromatic heterocycles. The minimum absolute atomic E-state index is 0.139. The van der Waals surface area contributed by atoms with Gasteiger partial charge in [0.25, 0.3) is 0 Å². The summed E-state index contributed by atoms with van der Waals surface area (Å²) in [4.78, 5) is 8.85. The molecule has 4 nitrogen and oxygen atoms in total. The largest absolute Gasteiger partial charge is 0.395 e. The van der Waals surface area contributed by atoms with Gasteiger partial charge < -0.3 is 10.4 Å². The van der Waals surface area contributed by atoms with Gasteiger partial charge in [-0.05, 0) is 25.3 Å². The van der Waals surface area contributed by atoms with Gasteiger partial charge in [0, 0.05) is 11.3 Å². The Kier molecular flexibility index (Phi) is 4.38. The van der Waals surface area contributed by atoms with Crippen molar-refractivity contribution < 1.29 is 5.11 Å². The Morgan fingerprint density at radius 2 is 2.06 bits per heavy atom. The first-order chi connectivity index (χ1) is 8.74. The van der Waals surface area contributed by atoms with Gasteiger partial charge in [0.05, 0.1) is 23.8 Å². The summed E-state index contributed by atoms with van der Waals surface area (Å²) in [6.07, 6.45) is 3.72. The minimum Gasteiger partial charge on any atom is -0.395 e. The summed E-state index contributed by atoms with van der Waals surface area (Å²) in [5.41, 5.74) is 1.76. The number of nitrogens with one attached hydrogen (secondary N) is 1. The molecule has 1 heterocycles. The van der Waals surface area contributed by atoms with Gasteiger partial charge in [0.1, 0.15) is 5.82 Å². The van der Waals surface area contributed by atoms with E-state index in [9.17, 15) is 5.11 Å². The van der Waals surface area contributed by atoms with Crippen LogP contribution in [0.15, 0.2) is 30.5 Å². The number of fused-ring (bicyclic) bond motifs is 1. The van der Waals surface area contributed by atoms with Crippen molar-refractivity contribution in [2.45, 2.75) is 18.2 Å². The number of anilines is 1. The quantitative estimate of drug-likeness (QED) is 0.865. The summed E-state index contributed by atoms with van der Waals surface area (Å²) in [5.74, 6) is 0.744. The first-order valence-corrected chi connectivity index (χ1v) is 7.15. The summed E-state index contributed by atoms with van der Waals surface area (Å²) in [5, 5.41) is 12.7. The fourth-order valence-electron chi connectivity index (χ4n) is 1.79. The smallest absolute Gasteiger partial charge is 0.145 e. The van der Waals surface area contributed by atoms with Crippen LogP contribution in [0.5, 0.6) is 0 Å². The molecule has 0 saturated heterocycles. The van der Waals surface area contributed by atoms with Gasteiger partial charge in [-0.1, -0.05) is 12.1 Å². The number of aliphatic hydroxyl groups is 1. The van der Waals surface area contributed by atoms with Gasteiger partial charge in [-0.15, -0.1) is 0 Å². The van der Waals surface area contributed by atoms with Crippen LogP contribution in [0.4, 0.5) is 5.82 Å². The molecule has 2 N–H and O–H groups in total. The second-order valence-electron chi connectivity index (χ2n) is 4.13. The summed E-state index contributed by atoms with van der Waals surface area (Å²) in [6.45, 7) is 2.19. The van der Waals surface area contributed by atoms with Gasteiger partial charge in [0.15, 0.2) is 0 Å². The van der Waals surface area contributed by atoms with E-state index in [1.54, 1.807) is 18.0 Å². The highest BCUT2D eigenvalue weighted by molar-refractivity contribution is 7.99. The van der Waals surface area contributed by atoms with E-state index in [2.05, 4.69) is 15.3 Å². The third-order valence-corrected chi connectivity index (χ3v) is 4.03. The number of aliphatic hydroxyl groups excluding tert-OH is 1. The lowest BCUT2D eigenvalue weighted by molar-refractivity contribution is 0.288. The molecule has 0 saturated carbocycles. The fourth-order valence-corrected chi connectivity index (χ4v) is 2.42. The lowest BCUT2D eigenvalue weighted by Gasteiger charge is -2.21. The molecule has 0 unspecified atom stereocenters. The molecule has 0 radical (unpaired) electrons. The van der Waals surface area contributed by atoms with E-state index in [0.29, 0.717) is 0 Å². The minimum atomic E-state index is 0.139. The Balaban J connectivity index is 2.16. The van der Waals surface area contributed by atoms with Crippen LogP contribution >= 0.6 is 11.8 Å². The molecular weight excluding hydrogens is 246 g/mol. The van der Waals surface area contributed by atoms with Crippen molar-refractivity contribution in [1.82, 2.24) is 9.97 Å². The summed E-state index contributed by atoms with van der Waals surface area (Å²) in [7, 11) is 0. The van der Waals surface area contributed by atoms with Crippen molar-refractivity contribution in [2.75, 3.05) is 18.2 Å². The van der Waals surface area contributed by atoms with Crippen molar-refractivity contribution in [3.05, 3.63) is 30.5 Å². The second kappa shape index (κ2) is 6.02. The summed E-state index contributed by atoms with van der Waals surface area (Å²) < 4.78 is 0. The predicted molar refractivity (Wildman–Crippen MR) is 77.0 cm³/mol. The molecule has 0 aliphatic rings. The maximum absolute atomic E-state index is 9.25. The van der Waals surface area contributed by atoms with Gasteiger partial charge in [0.2, 0.25) is 0 Å². The number of hydrogen-bond donors (Lipinski definition) is 2. The number of thioether (sulfide) groups is 1. The van der Waals surface area contributed by atoms with Crippen LogP contribution in [0, 0.1) is 0 Å². The lowest BCUT2D eigenvalue weighted by atomic mass is 10.2. The Bertz CT molecular complexity index is 516. The van der Waals surface area contributed by atoms with Crippen LogP contribution in [-0.4, -0.2) is 39.2 Å². The average molecular weight is 263 g/mol. The van der Waals surface area contributed by atoms with E-state index in [1.807, 2.05) is 37.4 Å². The van der Waals surface area contributed by atoms with Gasteiger partial charge in [-0.2, -0.15) is 11.8 Å². The normalized spacial score (nSPS) is 14.4. The maximum atomic E-state index is 9.25. The highest BCUT2D eigenvalue weighted by atomic mass is 32.2. The number of nitrogens with zero attached hydrogens (tertiary/aromatic N) is 2. The number of aromatic nitrogens is 2. The van der Waals surface area contributed by atoms with E-state index in [0.717, 1.165) is 16.9 Å². The van der Waals surface area contributed by atoms with E-state index in [-0.39, 0.29) is 17.9 Å². The zero-order valence-corrected chi connectivity index (χ0v) is 11.3. The Labute approximate surface area is 111 Å². The zero-order valence-electron chi connectivity index (χ0n) is 10.5. The molecule has 0 aliphatic carbocycles. The molecule has 5 heteroatoms. The molecular formula is C13H17N3OS. The third kappa shape index (κ3) is 2.91. The molecule has 0 aliphatic heterocycles. The highest BCUT2D eigenvalue weighted by Crippen LogP contribution is 2.16. The van der Waals surface area contributed by atoms with Gasteiger partial charge >= 0.3 is 0 Å². The third-order valence-electron chi connectivity index (χ3n) is 2.86. The molecule has 18 heavy (non-hydrogen) atoms. The van der Waals surface area contributed by atoms with Crippen LogP contribution in [0.1, 0.15) is 6.92 Å². The standard InChI is InChI=1S/C13H17N3OS/c1-9(12(8-17)18-2)15-13-7-14-10-5-3-4-6-11(10)16-13/h3-7,9,12,17H,8H2,1-2H3,(H,15,16)/t9-,12+/m0/s1. The Morgan fingerprint density at radius 3 is 2.72 bits per heavy atom. The molecule has 0 fully saturated rings. The predicted octanol–water partition coefficient (Wildman–Crippen LogP) is 2.15. The van der Waals surface area contributed by atoms with Gasteiger partial charge in [-0.3, -0.25) is 4.98 Å². The molecule has 0 amide bonds. The van der Waals surface area contributed by atoms with Crippen molar-refractivity contribution >= 4 is 28.6 Å². The van der Waals surface area contributed by atoms with Crippen LogP contribution in [-0.2, 0) is 0 Å². The molecule has 96 valence electrons. The molecule has 0 spiro atoms. The van der Waals surface area contributed by atoms with Crippen molar-refractivity contribution in [1.29, 1.82) is 0 Å². The molecule has 0 bridgehead atoms. The maximum Gasteiger partial charge on any atom is 0.145 e. The van der Waals surface area contributed by atoms with Crippen LogP contribution in [0.3, 0.4) is 0 Å². The molecule has 2 rings (SSSR count). The van der Waals surface area contributed by atoms with Crippen LogP contribution in [0.2, 0.25) is 0 Å². The van der Waals surface area contributed by atoms with E-state index < -0.39 is 0 Å². The Morgan fingerprint density at radius 1 is 1.33 bits per heavy atom. The van der Waals surface area contributed by atoms with Gasteiger partial charge in [-0.25, -0.2) is 4.98 Å². The fraction of sp³-hybridized carbons (Fsp3) is 0.385. The van der Waals surface area contributed by atoms with E-state index in [1.165, 1.54) is 0 Å². The second-order valence-corrected chi connectivity index (χ2v) is 5.21. The lowest BCUT2D eigenvalue weighted by Crippen LogP contribution is -2.31.